The van der Waals surface area contributed by atoms with Crippen LogP contribution in [0.25, 0.3) is 72.7 Å². The van der Waals surface area contributed by atoms with E-state index in [4.69, 9.17) is 16.0 Å². The van der Waals surface area contributed by atoms with Crippen molar-refractivity contribution in [3.8, 4) is 67.5 Å². The van der Waals surface area contributed by atoms with E-state index < -0.39 is 46.2 Å². The third kappa shape index (κ3) is 10.5. The summed E-state index contributed by atoms with van der Waals surface area (Å²) >= 11 is 0. The van der Waals surface area contributed by atoms with E-state index in [2.05, 4.69) is 52.6 Å². The van der Waals surface area contributed by atoms with Crippen molar-refractivity contribution in [1.82, 2.24) is 14.5 Å². The van der Waals surface area contributed by atoms with Crippen LogP contribution in [0.15, 0.2) is 133 Å². The Kier molecular flexibility index (Phi) is 10.1. The number of aromatic nitrogens is 3. The van der Waals surface area contributed by atoms with Crippen LogP contribution in [0.2, 0.25) is 0 Å². The minimum Gasteiger partial charge on any atom is -0.507 e. The molecular formula is C63H70N3OPt-. The fraction of sp³-hybridized carbons (Fsp3) is 0.333. The molecule has 68 heavy (non-hydrogen) atoms. The topological polar surface area (TPSA) is 50.9 Å². The number of para-hydroxylation sites is 1. The molecule has 0 atom stereocenters. The minimum absolute atomic E-state index is 0. The van der Waals surface area contributed by atoms with Gasteiger partial charge in [0.05, 0.1) is 34.6 Å². The van der Waals surface area contributed by atoms with E-state index in [0.29, 0.717) is 55.9 Å². The largest absolute Gasteiger partial charge is 0.507 e. The number of benzene rings is 6. The maximum atomic E-state index is 12.7. The van der Waals surface area contributed by atoms with Gasteiger partial charge in [-0.25, -0.2) is 4.98 Å². The Labute approximate surface area is 437 Å². The molecule has 0 amide bonds. The molecule has 0 radical (unpaired) electrons. The van der Waals surface area contributed by atoms with Crippen molar-refractivity contribution < 1.29 is 41.3 Å². The molecule has 2 aromatic heterocycles. The van der Waals surface area contributed by atoms with E-state index in [1.165, 1.54) is 18.3 Å². The third-order valence-corrected chi connectivity index (χ3v) is 12.0. The average Bonchev–Trinajstić information content (AvgIpc) is 3.96. The van der Waals surface area contributed by atoms with Crippen molar-refractivity contribution in [3.05, 3.63) is 167 Å². The summed E-state index contributed by atoms with van der Waals surface area (Å²) < 4.78 is 101. The van der Waals surface area contributed by atoms with E-state index in [1.807, 2.05) is 107 Å². The molecule has 2 heterocycles. The molecule has 6 aromatic carbocycles. The molecule has 0 spiro atoms. The molecule has 8 aromatic rings. The number of rotatable bonds is 7. The Balaban J connectivity index is 0.00000903. The summed E-state index contributed by atoms with van der Waals surface area (Å²) in [5, 5.41) is 12.7. The molecule has 0 saturated heterocycles. The first-order valence-corrected chi connectivity index (χ1v) is 23.1. The maximum Gasteiger partial charge on any atom is 0.148 e. The fourth-order valence-electron chi connectivity index (χ4n) is 8.26. The van der Waals surface area contributed by atoms with E-state index in [-0.39, 0.29) is 96.4 Å². The van der Waals surface area contributed by atoms with Crippen molar-refractivity contribution in [2.75, 3.05) is 0 Å². The number of nitrogens with zero attached hydrogens (tertiary/aromatic N) is 3. The van der Waals surface area contributed by atoms with Crippen molar-refractivity contribution in [2.24, 2.45) is 5.41 Å². The van der Waals surface area contributed by atoms with Crippen LogP contribution in [0.3, 0.4) is 0 Å². The number of aromatic hydroxyl groups is 1. The van der Waals surface area contributed by atoms with Crippen LogP contribution in [0, 0.1) is 11.5 Å². The van der Waals surface area contributed by atoms with Crippen LogP contribution >= 0.6 is 0 Å². The van der Waals surface area contributed by atoms with Crippen molar-refractivity contribution >= 4 is 11.0 Å². The smallest absolute Gasteiger partial charge is 0.148 e. The Morgan fingerprint density at radius 3 is 1.84 bits per heavy atom. The number of phenolic OH excluding ortho intramolecular Hbond substituents is 1. The normalized spacial score (nSPS) is 15.1. The second-order valence-electron chi connectivity index (χ2n) is 22.8. The molecule has 0 aliphatic heterocycles. The first kappa shape index (κ1) is 37.3. The van der Waals surface area contributed by atoms with E-state index in [0.717, 1.165) is 16.7 Å². The van der Waals surface area contributed by atoms with Gasteiger partial charge in [-0.15, -0.1) is 29.3 Å². The summed E-state index contributed by atoms with van der Waals surface area (Å²) in [6, 6.07) is 22.8. The summed E-state index contributed by atoms with van der Waals surface area (Å²) in [4.78, 5) is 10.2. The van der Waals surface area contributed by atoms with Crippen LogP contribution in [0.5, 0.6) is 5.75 Å². The fourth-order valence-corrected chi connectivity index (χ4v) is 8.26. The summed E-state index contributed by atoms with van der Waals surface area (Å²) in [6.07, 6.45) is -0.583. The predicted molar refractivity (Wildman–Crippen MR) is 285 cm³/mol. The SMILES string of the molecule is [2H]c1cc(C([2H])([2H])C(C)(C)C)cc([2H])c1-c1c([2H])cnc(-c2[c-]c(-c3cccc4c3nc(-c3cc(C(C)(C)C)cc(C(C)(C)C)c3O)n4-c3ccc(C(C)(C)C)cc3-c3c([2H])c([2H])c([2H])c([2H])c3[2H])cc(C(C)(C)C)c2)c1[2H].[Pt]. The van der Waals surface area contributed by atoms with E-state index in [1.54, 1.807) is 20.8 Å². The number of imidazole rings is 1. The van der Waals surface area contributed by atoms with Crippen molar-refractivity contribution in [2.45, 2.75) is 132 Å². The van der Waals surface area contributed by atoms with E-state index in [9.17, 15) is 9.22 Å². The first-order valence-electron chi connectivity index (χ1n) is 28.6. The second-order valence-corrected chi connectivity index (χ2v) is 22.8. The van der Waals surface area contributed by atoms with Gasteiger partial charge in [-0.3, -0.25) is 9.55 Å². The average molecular weight is 1090 g/mol. The minimum atomic E-state index is -1.89. The molecule has 354 valence electrons. The summed E-state index contributed by atoms with van der Waals surface area (Å²) in [7, 11) is 0. The zero-order valence-electron chi connectivity index (χ0n) is 53.1. The molecule has 0 aliphatic carbocycles. The molecule has 0 unspecified atom stereocenters. The van der Waals surface area contributed by atoms with Gasteiger partial charge in [0.1, 0.15) is 11.6 Å². The van der Waals surface area contributed by atoms with Gasteiger partial charge in [-0.2, -0.15) is 0 Å². The molecule has 1 N–H and O–H groups in total. The van der Waals surface area contributed by atoms with Gasteiger partial charge >= 0.3 is 0 Å². The van der Waals surface area contributed by atoms with Crippen LogP contribution in [-0.4, -0.2) is 19.6 Å². The van der Waals surface area contributed by atoms with Gasteiger partial charge in [-0.1, -0.05) is 200 Å². The van der Waals surface area contributed by atoms with Gasteiger partial charge in [0.25, 0.3) is 0 Å². The maximum absolute atomic E-state index is 12.7. The monoisotopic (exact) mass is 1090 g/mol. The van der Waals surface area contributed by atoms with Gasteiger partial charge in [-0.05, 0) is 97.1 Å². The molecule has 8 rings (SSSR count). The van der Waals surface area contributed by atoms with Crippen LogP contribution < -0.4 is 0 Å². The third-order valence-electron chi connectivity index (χ3n) is 12.0. The molecule has 0 saturated carbocycles. The molecule has 0 bridgehead atoms. The first-order chi connectivity index (χ1) is 35.8. The number of fused-ring (bicyclic) bond motifs is 1. The zero-order valence-corrected chi connectivity index (χ0v) is 44.4. The second kappa shape index (κ2) is 18.4. The molecule has 5 heteroatoms. The van der Waals surface area contributed by atoms with Crippen LogP contribution in [-0.2, 0) is 49.1 Å². The predicted octanol–water partition coefficient (Wildman–Crippen LogP) is 17.0. The van der Waals surface area contributed by atoms with Crippen LogP contribution in [0.4, 0.5) is 0 Å². The van der Waals surface area contributed by atoms with Crippen molar-refractivity contribution in [3.63, 3.8) is 0 Å². The van der Waals surface area contributed by atoms with Gasteiger partial charge < -0.3 is 5.11 Å². The summed E-state index contributed by atoms with van der Waals surface area (Å²) in [5.41, 5.74) is 4.96. The molecule has 4 nitrogen and oxygen atoms in total. The van der Waals surface area contributed by atoms with Crippen LogP contribution in [0.1, 0.15) is 147 Å². The standard InChI is InChI=1S/C63H70N3O.Pt/c1-59(2,3)39-40-24-26-41(27-25-40)43-30-31-64-53(35-43)45-32-44(33-47(34-45)61(7,8)9)49-22-19-23-55-56(49)65-58(51-37-48(62(10,11)12)38-52(57(51)67)63(13,14)15)66(55)54-29-28-46(60(4,5)6)36-50(54)42-20-17-16-18-21-42;/h16-31,33-38,67H,39H2,1-15H3;/q-1;/i16D,17D,18D,20D,21D,26D,27D,30D,35D,39D2;. The van der Waals surface area contributed by atoms with Gasteiger partial charge in [0.2, 0.25) is 0 Å². The van der Waals surface area contributed by atoms with Crippen molar-refractivity contribution in [1.29, 1.82) is 0 Å². The van der Waals surface area contributed by atoms with E-state index >= 15 is 0 Å². The zero-order chi connectivity index (χ0) is 58.1. The van der Waals surface area contributed by atoms with Gasteiger partial charge in [0.15, 0.2) is 0 Å². The Morgan fingerprint density at radius 2 is 1.22 bits per heavy atom. The Hall–Kier alpha value is -5.57. The molecular weight excluding hydrogens is 1010 g/mol. The Morgan fingerprint density at radius 1 is 0.603 bits per heavy atom. The van der Waals surface area contributed by atoms with Gasteiger partial charge in [0, 0.05) is 46.8 Å². The quantitative estimate of drug-likeness (QED) is 0.162. The molecule has 0 fully saturated rings. The number of pyridine rings is 1. The number of phenols is 1. The molecule has 0 aliphatic rings. The Bertz CT molecular complexity index is 3700. The summed E-state index contributed by atoms with van der Waals surface area (Å²) in [5.74, 6) is 0.352. The number of hydrogen-bond acceptors (Lipinski definition) is 3. The summed E-state index contributed by atoms with van der Waals surface area (Å²) in [6.45, 7) is 30.0. The number of hydrogen-bond donors (Lipinski definition) is 1.